The molecule has 0 unspecified atom stereocenters. The van der Waals surface area contributed by atoms with Gasteiger partial charge in [0.15, 0.2) is 0 Å². The van der Waals surface area contributed by atoms with Gasteiger partial charge in [-0.2, -0.15) is 0 Å². The summed E-state index contributed by atoms with van der Waals surface area (Å²) in [6.07, 6.45) is 1.02. The molecule has 2 aromatic carbocycles. The van der Waals surface area contributed by atoms with Crippen LogP contribution < -0.4 is 9.47 Å². The number of rotatable bonds is 8. The average Bonchev–Trinajstić information content (AvgIpc) is 2.52. The summed E-state index contributed by atoms with van der Waals surface area (Å²) in [4.78, 5) is 1.28. The molecule has 0 spiro atoms. The highest BCUT2D eigenvalue weighted by Gasteiger charge is 1.97. The lowest BCUT2D eigenvalue weighted by molar-refractivity contribution is 0.314. The van der Waals surface area contributed by atoms with Crippen molar-refractivity contribution < 1.29 is 9.47 Å². The first kappa shape index (κ1) is 14.8. The van der Waals surface area contributed by atoms with Crippen LogP contribution in [0.4, 0.5) is 0 Å². The zero-order valence-electron chi connectivity index (χ0n) is 11.7. The van der Waals surface area contributed by atoms with Gasteiger partial charge >= 0.3 is 0 Å². The van der Waals surface area contributed by atoms with Crippen LogP contribution in [0, 0.1) is 0 Å². The van der Waals surface area contributed by atoms with Crippen molar-refractivity contribution in [1.29, 1.82) is 0 Å². The van der Waals surface area contributed by atoms with E-state index in [1.165, 1.54) is 4.90 Å². The molecule has 20 heavy (non-hydrogen) atoms. The van der Waals surface area contributed by atoms with Crippen molar-refractivity contribution >= 4 is 11.8 Å². The normalized spacial score (nSPS) is 10.2. The first-order chi connectivity index (χ1) is 9.88. The van der Waals surface area contributed by atoms with Gasteiger partial charge in [-0.3, -0.25) is 0 Å². The third kappa shape index (κ3) is 5.17. The summed E-state index contributed by atoms with van der Waals surface area (Å²) in [5.74, 6) is 2.73. The molecular weight excluding hydrogens is 268 g/mol. The van der Waals surface area contributed by atoms with Gasteiger partial charge < -0.3 is 9.47 Å². The molecule has 2 rings (SSSR count). The lowest BCUT2D eigenvalue weighted by Crippen LogP contribution is -2.00. The van der Waals surface area contributed by atoms with Crippen molar-refractivity contribution in [3.05, 3.63) is 54.6 Å². The van der Waals surface area contributed by atoms with Crippen molar-refractivity contribution in [2.45, 2.75) is 18.2 Å². The first-order valence-corrected chi connectivity index (χ1v) is 7.90. The molecule has 2 nitrogen and oxygen atoms in total. The Labute approximate surface area is 125 Å². The van der Waals surface area contributed by atoms with Gasteiger partial charge in [-0.05, 0) is 42.8 Å². The van der Waals surface area contributed by atoms with E-state index in [2.05, 4.69) is 31.2 Å². The maximum Gasteiger partial charge on any atom is 0.119 e. The second kappa shape index (κ2) is 8.54. The molecule has 0 fully saturated rings. The zero-order valence-corrected chi connectivity index (χ0v) is 12.6. The van der Waals surface area contributed by atoms with Crippen LogP contribution in [0.2, 0.25) is 0 Å². The van der Waals surface area contributed by atoms with Crippen LogP contribution >= 0.6 is 11.8 Å². The topological polar surface area (TPSA) is 18.5 Å². The second-order valence-corrected chi connectivity index (χ2v) is 5.50. The number of hydrogen-bond donors (Lipinski definition) is 0. The van der Waals surface area contributed by atoms with Crippen molar-refractivity contribution in [3.63, 3.8) is 0 Å². The number of benzene rings is 2. The molecule has 0 heterocycles. The molecule has 106 valence electrons. The van der Waals surface area contributed by atoms with Crippen LogP contribution in [0.1, 0.15) is 13.3 Å². The van der Waals surface area contributed by atoms with Crippen molar-refractivity contribution in [3.8, 4) is 11.5 Å². The van der Waals surface area contributed by atoms with Crippen LogP contribution in [0.5, 0.6) is 11.5 Å². The fourth-order valence-corrected chi connectivity index (χ4v) is 2.44. The summed E-state index contributed by atoms with van der Waals surface area (Å²) >= 11 is 1.80. The number of ether oxygens (including phenoxy) is 2. The molecule has 3 heteroatoms. The first-order valence-electron chi connectivity index (χ1n) is 6.92. The molecule has 0 saturated carbocycles. The largest absolute Gasteiger partial charge is 0.494 e. The van der Waals surface area contributed by atoms with Gasteiger partial charge in [0.25, 0.3) is 0 Å². The van der Waals surface area contributed by atoms with Crippen molar-refractivity contribution in [2.75, 3.05) is 19.0 Å². The van der Waals surface area contributed by atoms with E-state index < -0.39 is 0 Å². The van der Waals surface area contributed by atoms with Gasteiger partial charge in [0.1, 0.15) is 11.5 Å². The lowest BCUT2D eigenvalue weighted by Gasteiger charge is -2.08. The highest BCUT2D eigenvalue weighted by atomic mass is 32.2. The van der Waals surface area contributed by atoms with Gasteiger partial charge in [-0.15, -0.1) is 11.8 Å². The number of hydrogen-bond acceptors (Lipinski definition) is 3. The molecule has 0 radical (unpaired) electrons. The van der Waals surface area contributed by atoms with Gasteiger partial charge in [-0.1, -0.05) is 25.1 Å². The lowest BCUT2D eigenvalue weighted by atomic mass is 10.3. The standard InChI is InChI=1S/C17H20O2S/c1-2-12-18-15-8-10-16(11-9-15)19-13-14-20-17-6-4-3-5-7-17/h3-11H,2,12-14H2,1H3. The minimum absolute atomic E-state index is 0.703. The predicted octanol–water partition coefficient (Wildman–Crippen LogP) is 4.65. The fraction of sp³-hybridized carbons (Fsp3) is 0.294. The SMILES string of the molecule is CCCOc1ccc(OCCSc2ccccc2)cc1. The van der Waals surface area contributed by atoms with Crippen LogP contribution in [-0.4, -0.2) is 19.0 Å². The Morgan fingerprint density at radius 3 is 2.00 bits per heavy atom. The van der Waals surface area contributed by atoms with E-state index in [1.54, 1.807) is 11.8 Å². The minimum atomic E-state index is 0.703. The molecule has 0 atom stereocenters. The molecule has 0 bridgehead atoms. The third-order valence-corrected chi connectivity index (χ3v) is 3.64. The summed E-state index contributed by atoms with van der Waals surface area (Å²) in [7, 11) is 0. The van der Waals surface area contributed by atoms with Crippen molar-refractivity contribution in [1.82, 2.24) is 0 Å². The summed E-state index contributed by atoms with van der Waals surface area (Å²) in [6.45, 7) is 3.56. The molecule has 0 amide bonds. The summed E-state index contributed by atoms with van der Waals surface area (Å²) in [5, 5.41) is 0. The average molecular weight is 288 g/mol. The Bertz CT molecular complexity index is 482. The minimum Gasteiger partial charge on any atom is -0.494 e. The molecule has 0 aliphatic carbocycles. The summed E-state index contributed by atoms with van der Waals surface area (Å²) in [5.41, 5.74) is 0. The van der Waals surface area contributed by atoms with E-state index in [-0.39, 0.29) is 0 Å². The maximum absolute atomic E-state index is 5.71. The quantitative estimate of drug-likeness (QED) is 0.520. The molecule has 0 aromatic heterocycles. The van der Waals surface area contributed by atoms with E-state index in [1.807, 2.05) is 30.3 Å². The highest BCUT2D eigenvalue weighted by Crippen LogP contribution is 2.19. The molecule has 0 aliphatic rings. The van der Waals surface area contributed by atoms with Crippen LogP contribution in [0.15, 0.2) is 59.5 Å². The van der Waals surface area contributed by atoms with Gasteiger partial charge in [0, 0.05) is 10.6 Å². The Kier molecular flexibility index (Phi) is 6.32. The van der Waals surface area contributed by atoms with Gasteiger partial charge in [0.05, 0.1) is 13.2 Å². The van der Waals surface area contributed by atoms with E-state index in [4.69, 9.17) is 9.47 Å². The maximum atomic E-state index is 5.71. The third-order valence-electron chi connectivity index (χ3n) is 2.66. The van der Waals surface area contributed by atoms with E-state index >= 15 is 0 Å². The van der Waals surface area contributed by atoms with Crippen LogP contribution in [-0.2, 0) is 0 Å². The Morgan fingerprint density at radius 2 is 1.40 bits per heavy atom. The molecule has 0 N–H and O–H groups in total. The van der Waals surface area contributed by atoms with E-state index in [0.717, 1.165) is 30.3 Å². The Morgan fingerprint density at radius 1 is 0.800 bits per heavy atom. The van der Waals surface area contributed by atoms with Gasteiger partial charge in [0.2, 0.25) is 0 Å². The summed E-state index contributed by atoms with van der Waals surface area (Å²) < 4.78 is 11.2. The molecule has 0 aliphatic heterocycles. The monoisotopic (exact) mass is 288 g/mol. The van der Waals surface area contributed by atoms with E-state index in [9.17, 15) is 0 Å². The summed E-state index contributed by atoms with van der Waals surface area (Å²) in [6, 6.07) is 18.2. The predicted molar refractivity (Wildman–Crippen MR) is 84.9 cm³/mol. The Balaban J connectivity index is 1.69. The highest BCUT2D eigenvalue weighted by molar-refractivity contribution is 7.99. The molecule has 0 saturated heterocycles. The second-order valence-electron chi connectivity index (χ2n) is 4.33. The fourth-order valence-electron chi connectivity index (χ4n) is 1.69. The smallest absolute Gasteiger partial charge is 0.119 e. The van der Waals surface area contributed by atoms with Gasteiger partial charge in [-0.25, -0.2) is 0 Å². The van der Waals surface area contributed by atoms with Crippen molar-refractivity contribution in [2.24, 2.45) is 0 Å². The van der Waals surface area contributed by atoms with Crippen LogP contribution in [0.3, 0.4) is 0 Å². The number of thioether (sulfide) groups is 1. The van der Waals surface area contributed by atoms with E-state index in [0.29, 0.717) is 6.61 Å². The van der Waals surface area contributed by atoms with Crippen LogP contribution in [0.25, 0.3) is 0 Å². The Hall–Kier alpha value is -1.61. The molecular formula is C17H20O2S. The zero-order chi connectivity index (χ0) is 14.0. The molecule has 2 aromatic rings.